The maximum absolute atomic E-state index is 2.50. The Morgan fingerprint density at radius 1 is 0.895 bits per heavy atom. The fourth-order valence-corrected chi connectivity index (χ4v) is 4.11. The molecule has 0 bridgehead atoms. The molecule has 1 saturated carbocycles. The van der Waals surface area contributed by atoms with Gasteiger partial charge in [0, 0.05) is 0 Å². The van der Waals surface area contributed by atoms with Crippen molar-refractivity contribution in [2.45, 2.75) is 92.4 Å². The second kappa shape index (κ2) is 9.03. The summed E-state index contributed by atoms with van der Waals surface area (Å²) in [6.07, 6.45) is 13.2. The van der Waals surface area contributed by atoms with Crippen LogP contribution in [0.3, 0.4) is 0 Å². The van der Waals surface area contributed by atoms with Gasteiger partial charge in [-0.05, 0) is 48.9 Å². The lowest BCUT2D eigenvalue weighted by Crippen LogP contribution is -2.29. The topological polar surface area (TPSA) is 0 Å². The summed E-state index contributed by atoms with van der Waals surface area (Å²) in [6.45, 7) is 12.0. The van der Waals surface area contributed by atoms with Crippen molar-refractivity contribution in [3.05, 3.63) is 0 Å². The minimum Gasteiger partial charge on any atom is -0.0654 e. The van der Waals surface area contributed by atoms with Crippen LogP contribution in [0.4, 0.5) is 0 Å². The molecule has 0 N–H and O–H groups in total. The molecule has 0 aromatic heterocycles. The van der Waals surface area contributed by atoms with Gasteiger partial charge in [0.2, 0.25) is 0 Å². The van der Waals surface area contributed by atoms with Crippen molar-refractivity contribution in [2.24, 2.45) is 29.6 Å². The van der Waals surface area contributed by atoms with E-state index in [1.807, 2.05) is 0 Å². The molecule has 0 spiro atoms. The second-order valence-corrected chi connectivity index (χ2v) is 7.45. The summed E-state index contributed by atoms with van der Waals surface area (Å²) < 4.78 is 0. The zero-order valence-electron chi connectivity index (χ0n) is 14.3. The van der Waals surface area contributed by atoms with Gasteiger partial charge < -0.3 is 0 Å². The molecule has 0 aromatic rings. The van der Waals surface area contributed by atoms with Crippen molar-refractivity contribution in [2.75, 3.05) is 0 Å². The van der Waals surface area contributed by atoms with Crippen molar-refractivity contribution in [3.63, 3.8) is 0 Å². The first kappa shape index (κ1) is 17.1. The Kier molecular flexibility index (Phi) is 8.11. The Hall–Kier alpha value is 0. The quantitative estimate of drug-likeness (QED) is 0.429. The molecule has 0 saturated heterocycles. The zero-order chi connectivity index (χ0) is 14.3. The predicted octanol–water partition coefficient (Wildman–Crippen LogP) is 6.69. The van der Waals surface area contributed by atoms with Gasteiger partial charge in [0.05, 0.1) is 0 Å². The van der Waals surface area contributed by atoms with Crippen LogP contribution < -0.4 is 0 Å². The van der Waals surface area contributed by atoms with Crippen molar-refractivity contribution in [3.8, 4) is 0 Å². The lowest BCUT2D eigenvalue weighted by molar-refractivity contribution is 0.111. The van der Waals surface area contributed by atoms with Crippen LogP contribution >= 0.6 is 0 Å². The van der Waals surface area contributed by atoms with Crippen LogP contribution in [0.5, 0.6) is 0 Å². The fraction of sp³-hybridized carbons (Fsp3) is 1.00. The molecule has 19 heavy (non-hydrogen) atoms. The molecule has 0 nitrogen and oxygen atoms in total. The molecule has 0 aromatic carbocycles. The monoisotopic (exact) mass is 266 g/mol. The van der Waals surface area contributed by atoms with Gasteiger partial charge in [-0.15, -0.1) is 0 Å². The maximum Gasteiger partial charge on any atom is -0.0383 e. The smallest absolute Gasteiger partial charge is 0.0383 e. The fourth-order valence-electron chi connectivity index (χ4n) is 4.11. The van der Waals surface area contributed by atoms with Gasteiger partial charge in [-0.3, -0.25) is 0 Å². The van der Waals surface area contributed by atoms with E-state index >= 15 is 0 Å². The van der Waals surface area contributed by atoms with Crippen molar-refractivity contribution >= 4 is 0 Å². The average Bonchev–Trinajstić information content (AvgIpc) is 2.42. The molecular formula is C19H38. The Labute approximate surface area is 122 Å². The van der Waals surface area contributed by atoms with Crippen molar-refractivity contribution in [1.29, 1.82) is 0 Å². The molecule has 0 heterocycles. The molecule has 1 rings (SSSR count). The minimum atomic E-state index is 0.865. The van der Waals surface area contributed by atoms with Crippen LogP contribution in [0.25, 0.3) is 0 Å². The molecule has 1 fully saturated rings. The third kappa shape index (κ3) is 5.48. The van der Waals surface area contributed by atoms with Gasteiger partial charge >= 0.3 is 0 Å². The van der Waals surface area contributed by atoms with Crippen LogP contribution in [-0.2, 0) is 0 Å². The highest BCUT2D eigenvalue weighted by Crippen LogP contribution is 2.42. The Bertz CT molecular complexity index is 218. The average molecular weight is 267 g/mol. The van der Waals surface area contributed by atoms with Crippen LogP contribution in [0.2, 0.25) is 0 Å². The van der Waals surface area contributed by atoms with E-state index in [0.29, 0.717) is 0 Å². The van der Waals surface area contributed by atoms with E-state index in [2.05, 4.69) is 34.6 Å². The molecule has 0 amide bonds. The molecule has 4 atom stereocenters. The van der Waals surface area contributed by atoms with Crippen LogP contribution in [-0.4, -0.2) is 0 Å². The molecule has 0 radical (unpaired) electrons. The Balaban J connectivity index is 2.44. The maximum atomic E-state index is 2.50. The summed E-state index contributed by atoms with van der Waals surface area (Å²) in [5.41, 5.74) is 0. The highest BCUT2D eigenvalue weighted by molar-refractivity contribution is 4.82. The summed E-state index contributed by atoms with van der Waals surface area (Å²) in [6, 6.07) is 0. The first-order chi connectivity index (χ1) is 9.10. The SMILES string of the molecule is CCCCCCC1CC(C(C)C(C)C)CCC1CC. The van der Waals surface area contributed by atoms with Crippen LogP contribution in [0.1, 0.15) is 92.4 Å². The lowest BCUT2D eigenvalue weighted by atomic mass is 9.66. The number of rotatable bonds is 8. The zero-order valence-corrected chi connectivity index (χ0v) is 14.3. The number of hydrogen-bond acceptors (Lipinski definition) is 0. The highest BCUT2D eigenvalue weighted by atomic mass is 14.4. The molecule has 0 heteroatoms. The van der Waals surface area contributed by atoms with E-state index in [-0.39, 0.29) is 0 Å². The molecule has 1 aliphatic rings. The normalized spacial score (nSPS) is 29.7. The van der Waals surface area contributed by atoms with E-state index in [1.54, 1.807) is 0 Å². The van der Waals surface area contributed by atoms with Gasteiger partial charge in [0.15, 0.2) is 0 Å². The van der Waals surface area contributed by atoms with E-state index in [0.717, 1.165) is 29.6 Å². The molecular weight excluding hydrogens is 228 g/mol. The van der Waals surface area contributed by atoms with Crippen molar-refractivity contribution < 1.29 is 0 Å². The first-order valence-electron chi connectivity index (χ1n) is 9.10. The summed E-state index contributed by atoms with van der Waals surface area (Å²) in [5, 5.41) is 0. The van der Waals surface area contributed by atoms with Crippen LogP contribution in [0.15, 0.2) is 0 Å². The summed E-state index contributed by atoms with van der Waals surface area (Å²) in [7, 11) is 0. The third-order valence-corrected chi connectivity index (χ3v) is 5.93. The lowest BCUT2D eigenvalue weighted by Gasteiger charge is -2.39. The molecule has 114 valence electrons. The molecule has 4 unspecified atom stereocenters. The van der Waals surface area contributed by atoms with Crippen LogP contribution in [0, 0.1) is 29.6 Å². The van der Waals surface area contributed by atoms with E-state index in [1.165, 1.54) is 57.8 Å². The number of hydrogen-bond donors (Lipinski definition) is 0. The van der Waals surface area contributed by atoms with E-state index < -0.39 is 0 Å². The molecule has 1 aliphatic carbocycles. The standard InChI is InChI=1S/C19H38/c1-6-8-9-10-11-19-14-18(16(5)15(3)4)13-12-17(19)7-2/h15-19H,6-14H2,1-5H3. The highest BCUT2D eigenvalue weighted by Gasteiger charge is 2.32. The summed E-state index contributed by atoms with van der Waals surface area (Å²) >= 11 is 0. The van der Waals surface area contributed by atoms with Gasteiger partial charge in [-0.25, -0.2) is 0 Å². The summed E-state index contributed by atoms with van der Waals surface area (Å²) in [4.78, 5) is 0. The summed E-state index contributed by atoms with van der Waals surface area (Å²) in [5.74, 6) is 4.89. The largest absolute Gasteiger partial charge is 0.0654 e. The van der Waals surface area contributed by atoms with Gasteiger partial charge in [0.1, 0.15) is 0 Å². The van der Waals surface area contributed by atoms with Gasteiger partial charge in [-0.2, -0.15) is 0 Å². The third-order valence-electron chi connectivity index (χ3n) is 5.93. The Morgan fingerprint density at radius 3 is 2.21 bits per heavy atom. The minimum absolute atomic E-state index is 0.865. The second-order valence-electron chi connectivity index (χ2n) is 7.45. The Morgan fingerprint density at radius 2 is 1.63 bits per heavy atom. The number of unbranched alkanes of at least 4 members (excludes halogenated alkanes) is 3. The first-order valence-corrected chi connectivity index (χ1v) is 9.10. The predicted molar refractivity (Wildman–Crippen MR) is 87.4 cm³/mol. The van der Waals surface area contributed by atoms with E-state index in [9.17, 15) is 0 Å². The van der Waals surface area contributed by atoms with Gasteiger partial charge in [-0.1, -0.05) is 73.1 Å². The van der Waals surface area contributed by atoms with Crippen molar-refractivity contribution in [1.82, 2.24) is 0 Å². The van der Waals surface area contributed by atoms with Gasteiger partial charge in [0.25, 0.3) is 0 Å². The van der Waals surface area contributed by atoms with E-state index in [4.69, 9.17) is 0 Å². The molecule has 0 aliphatic heterocycles.